The van der Waals surface area contributed by atoms with E-state index in [0.717, 1.165) is 48.6 Å². The molecule has 0 spiro atoms. The van der Waals surface area contributed by atoms with Gasteiger partial charge in [0.15, 0.2) is 0 Å². The topological polar surface area (TPSA) is 70.5 Å². The highest BCUT2D eigenvalue weighted by Gasteiger charge is 2.29. The van der Waals surface area contributed by atoms with Crippen molar-refractivity contribution in [1.29, 1.82) is 0 Å². The van der Waals surface area contributed by atoms with Gasteiger partial charge in [0.2, 0.25) is 5.91 Å². The maximum atomic E-state index is 12.7. The number of rotatable bonds is 6. The van der Waals surface area contributed by atoms with E-state index in [2.05, 4.69) is 16.5 Å². The summed E-state index contributed by atoms with van der Waals surface area (Å²) in [6.07, 6.45) is 1.45. The van der Waals surface area contributed by atoms with Crippen molar-refractivity contribution in [3.8, 4) is 0 Å². The van der Waals surface area contributed by atoms with Crippen molar-refractivity contribution in [1.82, 2.24) is 19.6 Å². The number of aromatic nitrogens is 2. The van der Waals surface area contributed by atoms with E-state index in [0.29, 0.717) is 19.6 Å². The third kappa shape index (κ3) is 5.20. The number of piperidine rings is 1. The molecule has 0 saturated carbocycles. The molecule has 0 bridgehead atoms. The van der Waals surface area contributed by atoms with Crippen LogP contribution in [0.4, 0.5) is 10.5 Å². The maximum Gasteiger partial charge on any atom is 0.321 e. The van der Waals surface area contributed by atoms with Crippen molar-refractivity contribution in [3.63, 3.8) is 0 Å². The summed E-state index contributed by atoms with van der Waals surface area (Å²) in [7, 11) is 0. The first kappa shape index (κ1) is 21.9. The largest absolute Gasteiger partial charge is 0.343 e. The van der Waals surface area contributed by atoms with Crippen LogP contribution < -0.4 is 5.32 Å². The third-order valence-electron chi connectivity index (χ3n) is 5.82. The number of hydrogen-bond acceptors (Lipinski definition) is 3. The lowest BCUT2D eigenvalue weighted by Gasteiger charge is -2.33. The van der Waals surface area contributed by atoms with E-state index in [1.54, 1.807) is 4.90 Å². The van der Waals surface area contributed by atoms with Crippen LogP contribution in [-0.4, -0.2) is 57.7 Å². The van der Waals surface area contributed by atoms with Gasteiger partial charge in [-0.2, -0.15) is 5.10 Å². The number of nitrogens with zero attached hydrogens (tertiary/aromatic N) is 4. The fourth-order valence-electron chi connectivity index (χ4n) is 4.08. The van der Waals surface area contributed by atoms with E-state index in [-0.39, 0.29) is 17.9 Å². The Bertz CT molecular complexity index is 879. The minimum atomic E-state index is -0.105. The molecule has 30 heavy (non-hydrogen) atoms. The second-order valence-corrected chi connectivity index (χ2v) is 7.99. The van der Waals surface area contributed by atoms with Crippen LogP contribution >= 0.6 is 0 Å². The molecule has 1 aromatic heterocycles. The van der Waals surface area contributed by atoms with Gasteiger partial charge >= 0.3 is 6.03 Å². The molecular weight excluding hydrogens is 378 g/mol. The number of benzene rings is 1. The monoisotopic (exact) mass is 411 g/mol. The normalized spacial score (nSPS) is 14.6. The molecule has 2 aromatic rings. The maximum absolute atomic E-state index is 12.7. The number of nitrogens with one attached hydrogen (secondary N) is 1. The summed E-state index contributed by atoms with van der Waals surface area (Å²) in [4.78, 5) is 28.9. The molecule has 1 aromatic carbocycles. The Morgan fingerprint density at radius 1 is 1.13 bits per heavy atom. The summed E-state index contributed by atoms with van der Waals surface area (Å²) < 4.78 is 1.97. The quantitative estimate of drug-likeness (QED) is 0.789. The third-order valence-corrected chi connectivity index (χ3v) is 5.82. The molecule has 7 nitrogen and oxygen atoms in total. The first-order valence-electron chi connectivity index (χ1n) is 10.9. The molecule has 7 heteroatoms. The van der Waals surface area contributed by atoms with E-state index in [9.17, 15) is 9.59 Å². The van der Waals surface area contributed by atoms with Crippen molar-refractivity contribution >= 4 is 17.6 Å². The van der Waals surface area contributed by atoms with Crippen LogP contribution in [0.3, 0.4) is 0 Å². The fourth-order valence-corrected chi connectivity index (χ4v) is 4.08. The Morgan fingerprint density at radius 3 is 2.43 bits per heavy atom. The molecule has 1 saturated heterocycles. The van der Waals surface area contributed by atoms with Gasteiger partial charge in [-0.25, -0.2) is 4.79 Å². The van der Waals surface area contributed by atoms with E-state index in [1.165, 1.54) is 0 Å². The molecule has 1 N–H and O–H groups in total. The molecule has 2 heterocycles. The van der Waals surface area contributed by atoms with Gasteiger partial charge in [-0.1, -0.05) is 12.1 Å². The van der Waals surface area contributed by atoms with Gasteiger partial charge in [-0.15, -0.1) is 0 Å². The molecule has 0 radical (unpaired) electrons. The van der Waals surface area contributed by atoms with E-state index >= 15 is 0 Å². The standard InChI is InChI=1S/C23H33N5O2/c1-5-26(6-2)22(29)20-10-12-27(13-11-20)23(30)24-21-9-7-8-19(15-21)16-28-18(4)14-17(3)25-28/h7-9,14-15,20H,5-6,10-13,16H2,1-4H3,(H,24,30). The average molecular weight is 412 g/mol. The van der Waals surface area contributed by atoms with Gasteiger partial charge in [0.25, 0.3) is 0 Å². The van der Waals surface area contributed by atoms with Crippen molar-refractivity contribution < 1.29 is 9.59 Å². The Labute approximate surface area is 179 Å². The number of aryl methyl sites for hydroxylation is 2. The Kier molecular flexibility index (Phi) is 7.13. The zero-order chi connectivity index (χ0) is 21.7. The van der Waals surface area contributed by atoms with Crippen molar-refractivity contribution in [3.05, 3.63) is 47.3 Å². The molecule has 1 aliphatic rings. The first-order valence-corrected chi connectivity index (χ1v) is 10.9. The second kappa shape index (κ2) is 9.78. The van der Waals surface area contributed by atoms with Crippen molar-refractivity contribution in [2.24, 2.45) is 5.92 Å². The molecule has 1 fully saturated rings. The number of carbonyl (C=O) groups is 2. The van der Waals surface area contributed by atoms with Crippen LogP contribution in [0.15, 0.2) is 30.3 Å². The van der Waals surface area contributed by atoms with Gasteiger partial charge in [-0.3, -0.25) is 9.48 Å². The van der Waals surface area contributed by atoms with Crippen molar-refractivity contribution in [2.75, 3.05) is 31.5 Å². The van der Waals surface area contributed by atoms with Crippen LogP contribution in [0.5, 0.6) is 0 Å². The molecule has 0 aliphatic carbocycles. The van der Waals surface area contributed by atoms with Gasteiger partial charge in [0.1, 0.15) is 0 Å². The number of hydrogen-bond donors (Lipinski definition) is 1. The zero-order valence-corrected chi connectivity index (χ0v) is 18.5. The van der Waals surface area contributed by atoms with Gasteiger partial charge in [0.05, 0.1) is 12.2 Å². The zero-order valence-electron chi connectivity index (χ0n) is 18.5. The van der Waals surface area contributed by atoms with Crippen LogP contribution in [-0.2, 0) is 11.3 Å². The lowest BCUT2D eigenvalue weighted by atomic mass is 9.95. The highest BCUT2D eigenvalue weighted by atomic mass is 16.2. The minimum absolute atomic E-state index is 0.0260. The molecule has 1 aliphatic heterocycles. The molecule has 162 valence electrons. The van der Waals surface area contributed by atoms with Gasteiger partial charge < -0.3 is 15.1 Å². The number of amides is 3. The Morgan fingerprint density at radius 2 is 1.83 bits per heavy atom. The summed E-state index contributed by atoms with van der Waals surface area (Å²) >= 11 is 0. The summed E-state index contributed by atoms with van der Waals surface area (Å²) in [6, 6.07) is 9.83. The number of carbonyl (C=O) groups excluding carboxylic acids is 2. The summed E-state index contributed by atoms with van der Waals surface area (Å²) in [6.45, 7) is 11.4. The highest BCUT2D eigenvalue weighted by Crippen LogP contribution is 2.21. The summed E-state index contributed by atoms with van der Waals surface area (Å²) in [5.74, 6) is 0.245. The molecule has 3 amide bonds. The predicted molar refractivity (Wildman–Crippen MR) is 118 cm³/mol. The van der Waals surface area contributed by atoms with Crippen LogP contribution in [0, 0.1) is 19.8 Å². The first-order chi connectivity index (χ1) is 14.4. The Hall–Kier alpha value is -2.83. The predicted octanol–water partition coefficient (Wildman–Crippen LogP) is 3.66. The fraction of sp³-hybridized carbons (Fsp3) is 0.522. The highest BCUT2D eigenvalue weighted by molar-refractivity contribution is 5.89. The summed E-state index contributed by atoms with van der Waals surface area (Å²) in [5, 5.41) is 7.51. The molecule has 0 unspecified atom stereocenters. The average Bonchev–Trinajstić information content (AvgIpc) is 3.05. The van der Waals surface area contributed by atoms with E-state index in [4.69, 9.17) is 0 Å². The lowest BCUT2D eigenvalue weighted by molar-refractivity contribution is -0.136. The van der Waals surface area contributed by atoms with E-state index < -0.39 is 0 Å². The number of urea groups is 1. The smallest absolute Gasteiger partial charge is 0.321 e. The number of anilines is 1. The molecule has 0 atom stereocenters. The Balaban J connectivity index is 1.55. The van der Waals surface area contributed by atoms with Gasteiger partial charge in [0, 0.05) is 43.5 Å². The lowest BCUT2D eigenvalue weighted by Crippen LogP contribution is -2.45. The van der Waals surface area contributed by atoms with Crippen LogP contribution in [0.2, 0.25) is 0 Å². The van der Waals surface area contributed by atoms with Gasteiger partial charge in [-0.05, 0) is 64.3 Å². The van der Waals surface area contributed by atoms with Crippen molar-refractivity contribution in [2.45, 2.75) is 47.1 Å². The van der Waals surface area contributed by atoms with E-state index in [1.807, 2.05) is 61.5 Å². The molecular formula is C23H33N5O2. The number of likely N-dealkylation sites (tertiary alicyclic amines) is 1. The molecule has 3 rings (SSSR count). The SMILES string of the molecule is CCN(CC)C(=O)C1CCN(C(=O)Nc2cccc(Cn3nc(C)cc3C)c2)CC1. The summed E-state index contributed by atoms with van der Waals surface area (Å²) in [5.41, 5.74) is 3.98. The van der Waals surface area contributed by atoms with Crippen LogP contribution in [0.1, 0.15) is 43.6 Å². The minimum Gasteiger partial charge on any atom is -0.343 e. The van der Waals surface area contributed by atoms with Crippen LogP contribution in [0.25, 0.3) is 0 Å². The second-order valence-electron chi connectivity index (χ2n) is 7.99.